The predicted molar refractivity (Wildman–Crippen MR) is 74.2 cm³/mol. The van der Waals surface area contributed by atoms with Gasteiger partial charge in [0.1, 0.15) is 5.54 Å². The van der Waals surface area contributed by atoms with E-state index in [2.05, 4.69) is 17.6 Å². The van der Waals surface area contributed by atoms with Crippen LogP contribution < -0.4 is 10.6 Å². The molecule has 5 nitrogen and oxygen atoms in total. The number of carbonyl (C=O) groups is 2. The lowest BCUT2D eigenvalue weighted by Crippen LogP contribution is -2.49. The Hall–Kier alpha value is -1.88. The average Bonchev–Trinajstić information content (AvgIpc) is 2.37. The van der Waals surface area contributed by atoms with Crippen LogP contribution in [0.2, 0.25) is 0 Å². The third-order valence-corrected chi connectivity index (χ3v) is 2.87. The summed E-state index contributed by atoms with van der Waals surface area (Å²) in [6.45, 7) is 5.04. The fourth-order valence-corrected chi connectivity index (χ4v) is 1.41. The maximum Gasteiger partial charge on any atom is 0.323 e. The Morgan fingerprint density at radius 1 is 1.21 bits per heavy atom. The molecule has 0 aromatic heterocycles. The summed E-state index contributed by atoms with van der Waals surface area (Å²) in [5, 5.41) is 14.3. The lowest BCUT2D eigenvalue weighted by Gasteiger charge is -2.20. The zero-order valence-electron chi connectivity index (χ0n) is 11.5. The number of carboxylic acids is 1. The molecule has 0 aliphatic rings. The maximum atomic E-state index is 11.7. The molecule has 0 heterocycles. The SMILES string of the molecule is CCc1ccc(NC(=O)CNC(C)(C)C(=O)O)cc1. The van der Waals surface area contributed by atoms with Crippen LogP contribution in [-0.2, 0) is 16.0 Å². The van der Waals surface area contributed by atoms with Crippen LogP contribution in [0, 0.1) is 0 Å². The summed E-state index contributed by atoms with van der Waals surface area (Å²) >= 11 is 0. The summed E-state index contributed by atoms with van der Waals surface area (Å²) in [6, 6.07) is 7.56. The molecule has 1 amide bonds. The van der Waals surface area contributed by atoms with Gasteiger partial charge in [-0.1, -0.05) is 19.1 Å². The van der Waals surface area contributed by atoms with Gasteiger partial charge in [-0.05, 0) is 38.0 Å². The number of aryl methyl sites for hydroxylation is 1. The van der Waals surface area contributed by atoms with Crippen LogP contribution in [0.4, 0.5) is 5.69 Å². The van der Waals surface area contributed by atoms with Crippen molar-refractivity contribution in [3.63, 3.8) is 0 Å². The van der Waals surface area contributed by atoms with Crippen molar-refractivity contribution in [2.75, 3.05) is 11.9 Å². The van der Waals surface area contributed by atoms with Gasteiger partial charge in [-0.15, -0.1) is 0 Å². The molecule has 0 unspecified atom stereocenters. The first-order valence-electron chi connectivity index (χ1n) is 6.22. The molecule has 0 saturated carbocycles. The van der Waals surface area contributed by atoms with Crippen molar-refractivity contribution >= 4 is 17.6 Å². The number of amides is 1. The second-order valence-electron chi connectivity index (χ2n) is 4.88. The van der Waals surface area contributed by atoms with Gasteiger partial charge in [0, 0.05) is 5.69 Å². The van der Waals surface area contributed by atoms with Crippen molar-refractivity contribution in [1.29, 1.82) is 0 Å². The Balaban J connectivity index is 2.49. The molecule has 0 aliphatic heterocycles. The van der Waals surface area contributed by atoms with Crippen LogP contribution in [0.15, 0.2) is 24.3 Å². The minimum Gasteiger partial charge on any atom is -0.480 e. The van der Waals surface area contributed by atoms with Gasteiger partial charge in [-0.25, -0.2) is 0 Å². The van der Waals surface area contributed by atoms with Crippen molar-refractivity contribution < 1.29 is 14.7 Å². The minimum absolute atomic E-state index is 0.0468. The Morgan fingerprint density at radius 2 is 1.79 bits per heavy atom. The number of aliphatic carboxylic acids is 1. The Bertz CT molecular complexity index is 452. The number of nitrogens with one attached hydrogen (secondary N) is 2. The molecule has 0 atom stereocenters. The largest absolute Gasteiger partial charge is 0.480 e. The lowest BCUT2D eigenvalue weighted by molar-refractivity contribution is -0.143. The standard InChI is InChI=1S/C14H20N2O3/c1-4-10-5-7-11(8-6-10)16-12(17)9-15-14(2,3)13(18)19/h5-8,15H,4,9H2,1-3H3,(H,16,17)(H,18,19). The Kier molecular flexibility index (Phi) is 5.06. The maximum absolute atomic E-state index is 11.7. The summed E-state index contributed by atoms with van der Waals surface area (Å²) in [5.41, 5.74) is 0.781. The quantitative estimate of drug-likeness (QED) is 0.730. The van der Waals surface area contributed by atoms with E-state index >= 15 is 0 Å². The van der Waals surface area contributed by atoms with Gasteiger partial charge in [-0.3, -0.25) is 14.9 Å². The van der Waals surface area contributed by atoms with Gasteiger partial charge < -0.3 is 10.4 Å². The molecule has 1 rings (SSSR count). The molecule has 1 aromatic rings. The van der Waals surface area contributed by atoms with Crippen molar-refractivity contribution in [3.8, 4) is 0 Å². The summed E-state index contributed by atoms with van der Waals surface area (Å²) < 4.78 is 0. The minimum atomic E-state index is -1.12. The van der Waals surface area contributed by atoms with Gasteiger partial charge in [0.25, 0.3) is 0 Å². The van der Waals surface area contributed by atoms with Crippen molar-refractivity contribution in [1.82, 2.24) is 5.32 Å². The second-order valence-corrected chi connectivity index (χ2v) is 4.88. The molecule has 0 radical (unpaired) electrons. The van der Waals surface area contributed by atoms with Gasteiger partial charge in [0.2, 0.25) is 5.91 Å². The van der Waals surface area contributed by atoms with Gasteiger partial charge in [-0.2, -0.15) is 0 Å². The molecular formula is C14H20N2O3. The highest BCUT2D eigenvalue weighted by Gasteiger charge is 2.26. The molecule has 3 N–H and O–H groups in total. The van der Waals surface area contributed by atoms with E-state index in [1.807, 2.05) is 24.3 Å². The first-order valence-corrected chi connectivity index (χ1v) is 6.22. The highest BCUT2D eigenvalue weighted by Crippen LogP contribution is 2.09. The lowest BCUT2D eigenvalue weighted by atomic mass is 10.1. The molecule has 104 valence electrons. The number of carboxylic acid groups (broad SMARTS) is 1. The Labute approximate surface area is 113 Å². The van der Waals surface area contributed by atoms with E-state index in [0.717, 1.165) is 6.42 Å². The summed E-state index contributed by atoms with van der Waals surface area (Å²) in [7, 11) is 0. The Morgan fingerprint density at radius 3 is 2.26 bits per heavy atom. The molecule has 19 heavy (non-hydrogen) atoms. The van der Waals surface area contributed by atoms with E-state index in [0.29, 0.717) is 5.69 Å². The fourth-order valence-electron chi connectivity index (χ4n) is 1.41. The van der Waals surface area contributed by atoms with Crippen LogP contribution in [0.3, 0.4) is 0 Å². The number of carbonyl (C=O) groups excluding carboxylic acids is 1. The zero-order valence-corrected chi connectivity index (χ0v) is 11.5. The molecule has 0 fully saturated rings. The summed E-state index contributed by atoms with van der Waals surface area (Å²) in [5.74, 6) is -1.26. The molecular weight excluding hydrogens is 244 g/mol. The van der Waals surface area contributed by atoms with Crippen LogP contribution in [0.5, 0.6) is 0 Å². The highest BCUT2D eigenvalue weighted by atomic mass is 16.4. The number of rotatable bonds is 6. The molecule has 0 spiro atoms. The van der Waals surface area contributed by atoms with E-state index in [-0.39, 0.29) is 12.5 Å². The zero-order chi connectivity index (χ0) is 14.5. The second kappa shape index (κ2) is 6.33. The van der Waals surface area contributed by atoms with E-state index in [1.54, 1.807) is 0 Å². The third kappa shape index (κ3) is 4.71. The van der Waals surface area contributed by atoms with E-state index in [4.69, 9.17) is 5.11 Å². The van der Waals surface area contributed by atoms with Crippen LogP contribution in [0.25, 0.3) is 0 Å². The number of benzene rings is 1. The van der Waals surface area contributed by atoms with Crippen molar-refractivity contribution in [3.05, 3.63) is 29.8 Å². The summed E-state index contributed by atoms with van der Waals surface area (Å²) in [4.78, 5) is 22.5. The van der Waals surface area contributed by atoms with Gasteiger partial charge in [0.15, 0.2) is 0 Å². The molecule has 0 aliphatic carbocycles. The monoisotopic (exact) mass is 264 g/mol. The van der Waals surface area contributed by atoms with Gasteiger partial charge in [0.05, 0.1) is 6.54 Å². The normalized spacial score (nSPS) is 11.1. The highest BCUT2D eigenvalue weighted by molar-refractivity contribution is 5.92. The van der Waals surface area contributed by atoms with E-state index in [9.17, 15) is 9.59 Å². The number of hydrogen-bond acceptors (Lipinski definition) is 3. The number of hydrogen-bond donors (Lipinski definition) is 3. The van der Waals surface area contributed by atoms with Crippen LogP contribution >= 0.6 is 0 Å². The van der Waals surface area contributed by atoms with E-state index in [1.165, 1.54) is 19.4 Å². The van der Waals surface area contributed by atoms with E-state index < -0.39 is 11.5 Å². The van der Waals surface area contributed by atoms with Crippen LogP contribution in [0.1, 0.15) is 26.3 Å². The van der Waals surface area contributed by atoms with Crippen molar-refractivity contribution in [2.45, 2.75) is 32.7 Å². The fraction of sp³-hybridized carbons (Fsp3) is 0.429. The van der Waals surface area contributed by atoms with Crippen molar-refractivity contribution in [2.24, 2.45) is 0 Å². The summed E-state index contributed by atoms with van der Waals surface area (Å²) in [6.07, 6.45) is 0.947. The molecule has 1 aromatic carbocycles. The molecule has 5 heteroatoms. The predicted octanol–water partition coefficient (Wildman–Crippen LogP) is 1.64. The number of anilines is 1. The molecule has 0 bridgehead atoms. The van der Waals surface area contributed by atoms with Gasteiger partial charge >= 0.3 is 5.97 Å². The van der Waals surface area contributed by atoms with Crippen LogP contribution in [-0.4, -0.2) is 29.1 Å². The third-order valence-electron chi connectivity index (χ3n) is 2.87. The smallest absolute Gasteiger partial charge is 0.323 e. The topological polar surface area (TPSA) is 78.4 Å². The first-order chi connectivity index (χ1) is 8.85. The molecule has 0 saturated heterocycles. The first kappa shape index (κ1) is 15.2. The average molecular weight is 264 g/mol.